The van der Waals surface area contributed by atoms with E-state index < -0.39 is 18.2 Å². The Morgan fingerprint density at radius 3 is 2.87 bits per heavy atom. The molecule has 0 spiro atoms. The molecule has 0 bridgehead atoms. The van der Waals surface area contributed by atoms with Crippen molar-refractivity contribution in [3.05, 3.63) is 53.3 Å². The largest absolute Gasteiger partial charge is 0.493 e. The molecule has 2 aliphatic rings. The van der Waals surface area contributed by atoms with Crippen molar-refractivity contribution < 1.29 is 28.9 Å². The average molecular weight is 316 g/mol. The predicted molar refractivity (Wildman–Crippen MR) is 79.7 cm³/mol. The Labute approximate surface area is 133 Å². The van der Waals surface area contributed by atoms with Crippen LogP contribution in [0.3, 0.4) is 0 Å². The number of cyclic esters (lactones) is 1. The zero-order valence-electron chi connectivity index (χ0n) is 12.5. The molecule has 1 N–H and O–H groups in total. The van der Waals surface area contributed by atoms with Crippen LogP contribution in [0.4, 0.5) is 0 Å². The van der Waals surface area contributed by atoms with Crippen LogP contribution in [0.2, 0.25) is 0 Å². The van der Waals surface area contributed by atoms with Gasteiger partial charge in [0.15, 0.2) is 0 Å². The van der Waals surface area contributed by atoms with Crippen LogP contribution in [0.25, 0.3) is 0 Å². The molecule has 2 aliphatic heterocycles. The van der Waals surface area contributed by atoms with Crippen LogP contribution in [0.1, 0.15) is 24.8 Å². The molecule has 1 aromatic carbocycles. The van der Waals surface area contributed by atoms with Crippen LogP contribution in [0.15, 0.2) is 47.7 Å². The molecule has 3 rings (SSSR count). The van der Waals surface area contributed by atoms with E-state index in [1.165, 1.54) is 12.3 Å². The minimum atomic E-state index is -1.07. The molecule has 0 amide bonds. The van der Waals surface area contributed by atoms with Crippen molar-refractivity contribution in [2.24, 2.45) is 0 Å². The van der Waals surface area contributed by atoms with Crippen molar-refractivity contribution in [1.82, 2.24) is 0 Å². The van der Waals surface area contributed by atoms with Gasteiger partial charge in [0.25, 0.3) is 6.29 Å². The van der Waals surface area contributed by atoms with E-state index >= 15 is 0 Å². The molecule has 0 saturated heterocycles. The van der Waals surface area contributed by atoms with Gasteiger partial charge in [-0.2, -0.15) is 0 Å². The lowest BCUT2D eigenvalue weighted by atomic mass is 9.87. The second kappa shape index (κ2) is 6.16. The molecule has 0 aliphatic carbocycles. The average Bonchev–Trinajstić information content (AvgIpc) is 2.86. The summed E-state index contributed by atoms with van der Waals surface area (Å²) >= 11 is 0. The summed E-state index contributed by atoms with van der Waals surface area (Å²) in [6.07, 6.45) is 2.34. The van der Waals surface area contributed by atoms with Gasteiger partial charge < -0.3 is 19.3 Å². The number of carboxylic acid groups (broad SMARTS) is 1. The summed E-state index contributed by atoms with van der Waals surface area (Å²) in [7, 11) is 0. The van der Waals surface area contributed by atoms with Gasteiger partial charge in [0, 0.05) is 23.1 Å². The number of esters is 1. The lowest BCUT2D eigenvalue weighted by molar-refractivity contribution is -0.152. The van der Waals surface area contributed by atoms with E-state index in [4.69, 9.17) is 14.2 Å². The van der Waals surface area contributed by atoms with Crippen molar-refractivity contribution in [3.63, 3.8) is 0 Å². The Morgan fingerprint density at radius 1 is 1.39 bits per heavy atom. The fourth-order valence-electron chi connectivity index (χ4n) is 2.66. The number of benzene rings is 1. The van der Waals surface area contributed by atoms with Crippen molar-refractivity contribution in [2.45, 2.75) is 25.6 Å². The number of carbonyl (C=O) groups excluding carboxylic acids is 1. The molecular weight excluding hydrogens is 300 g/mol. The Bertz CT molecular complexity index is 703. The summed E-state index contributed by atoms with van der Waals surface area (Å²) < 4.78 is 15.8. The van der Waals surface area contributed by atoms with Gasteiger partial charge in [0.2, 0.25) is 0 Å². The summed E-state index contributed by atoms with van der Waals surface area (Å²) in [5, 5.41) is 9.52. The summed E-state index contributed by atoms with van der Waals surface area (Å²) in [6, 6.07) is 7.33. The maximum atomic E-state index is 11.6. The highest BCUT2D eigenvalue weighted by atomic mass is 16.7. The Morgan fingerprint density at radius 2 is 2.17 bits per heavy atom. The number of rotatable bonds is 4. The van der Waals surface area contributed by atoms with Gasteiger partial charge >= 0.3 is 11.9 Å². The molecule has 2 unspecified atom stereocenters. The molecular formula is C17H16O6. The van der Waals surface area contributed by atoms with E-state index in [9.17, 15) is 14.7 Å². The van der Waals surface area contributed by atoms with Gasteiger partial charge in [0.05, 0.1) is 18.4 Å². The van der Waals surface area contributed by atoms with Gasteiger partial charge in [0.1, 0.15) is 5.75 Å². The topological polar surface area (TPSA) is 82.1 Å². The monoisotopic (exact) mass is 316 g/mol. The Balaban J connectivity index is 1.84. The molecule has 0 radical (unpaired) electrons. The van der Waals surface area contributed by atoms with E-state index in [1.807, 2.05) is 24.3 Å². The van der Waals surface area contributed by atoms with Crippen LogP contribution in [-0.4, -0.2) is 29.9 Å². The molecule has 2 atom stereocenters. The molecule has 120 valence electrons. The van der Waals surface area contributed by atoms with Crippen LogP contribution < -0.4 is 4.74 Å². The van der Waals surface area contributed by atoms with Crippen molar-refractivity contribution >= 4 is 11.9 Å². The Hall–Kier alpha value is -2.76. The fraction of sp³-hybridized carbons (Fsp3) is 0.294. The van der Waals surface area contributed by atoms with Gasteiger partial charge in [-0.15, -0.1) is 0 Å². The maximum Gasteiger partial charge on any atom is 0.336 e. The quantitative estimate of drug-likeness (QED) is 0.522. The van der Waals surface area contributed by atoms with E-state index in [0.29, 0.717) is 24.4 Å². The summed E-state index contributed by atoms with van der Waals surface area (Å²) in [4.78, 5) is 22.9. The molecule has 23 heavy (non-hydrogen) atoms. The van der Waals surface area contributed by atoms with E-state index in [2.05, 4.69) is 0 Å². The first kappa shape index (κ1) is 15.1. The first-order chi connectivity index (χ1) is 11.1. The van der Waals surface area contributed by atoms with Gasteiger partial charge in [-0.05, 0) is 19.4 Å². The SMILES string of the molecule is CC1=CC(O/C=C(/C(=O)O)C2CCOc3ccccc32)OC1=O. The number of carbonyl (C=O) groups is 2. The molecule has 0 fully saturated rings. The minimum Gasteiger partial charge on any atom is -0.493 e. The number of aliphatic carboxylic acids is 1. The molecule has 6 nitrogen and oxygen atoms in total. The zero-order chi connectivity index (χ0) is 16.4. The highest BCUT2D eigenvalue weighted by Crippen LogP contribution is 2.38. The molecule has 2 heterocycles. The summed E-state index contributed by atoms with van der Waals surface area (Å²) in [5.41, 5.74) is 1.36. The number of para-hydroxylation sites is 1. The highest BCUT2D eigenvalue weighted by Gasteiger charge is 2.30. The van der Waals surface area contributed by atoms with E-state index in [1.54, 1.807) is 6.92 Å². The second-order valence-electron chi connectivity index (χ2n) is 5.37. The predicted octanol–water partition coefficient (Wildman–Crippen LogP) is 2.37. The lowest BCUT2D eigenvalue weighted by Crippen LogP contribution is -2.20. The molecule has 6 heteroatoms. The highest BCUT2D eigenvalue weighted by molar-refractivity contribution is 5.90. The van der Waals surface area contributed by atoms with Crippen LogP contribution in [-0.2, 0) is 19.1 Å². The van der Waals surface area contributed by atoms with Gasteiger partial charge in [-0.1, -0.05) is 18.2 Å². The summed E-state index contributed by atoms with van der Waals surface area (Å²) in [6.45, 7) is 2.05. The van der Waals surface area contributed by atoms with Crippen molar-refractivity contribution in [3.8, 4) is 5.75 Å². The number of hydrogen-bond donors (Lipinski definition) is 1. The standard InChI is InChI=1S/C17H16O6/c1-10-8-15(23-17(10)20)22-9-13(16(18)19)11-6-7-21-14-5-3-2-4-12(11)14/h2-5,8-9,11,15H,6-7H2,1H3,(H,18,19)/b13-9+. The smallest absolute Gasteiger partial charge is 0.336 e. The zero-order valence-corrected chi connectivity index (χ0v) is 12.5. The normalized spacial score (nSPS) is 23.4. The van der Waals surface area contributed by atoms with Crippen LogP contribution in [0, 0.1) is 0 Å². The number of ether oxygens (including phenoxy) is 3. The number of carboxylic acids is 1. The first-order valence-corrected chi connectivity index (χ1v) is 7.26. The fourth-order valence-corrected chi connectivity index (χ4v) is 2.66. The minimum absolute atomic E-state index is 0.106. The third kappa shape index (κ3) is 3.06. The Kier molecular flexibility index (Phi) is 4.06. The van der Waals surface area contributed by atoms with Crippen LogP contribution in [0.5, 0.6) is 5.75 Å². The third-order valence-corrected chi connectivity index (χ3v) is 3.84. The van der Waals surface area contributed by atoms with Crippen molar-refractivity contribution in [2.75, 3.05) is 6.61 Å². The molecule has 0 aromatic heterocycles. The van der Waals surface area contributed by atoms with Gasteiger partial charge in [-0.25, -0.2) is 9.59 Å². The maximum absolute atomic E-state index is 11.6. The molecule has 0 saturated carbocycles. The van der Waals surface area contributed by atoms with Crippen molar-refractivity contribution in [1.29, 1.82) is 0 Å². The lowest BCUT2D eigenvalue weighted by Gasteiger charge is -2.26. The number of fused-ring (bicyclic) bond motifs is 1. The third-order valence-electron chi connectivity index (χ3n) is 3.84. The van der Waals surface area contributed by atoms with E-state index in [0.717, 1.165) is 5.56 Å². The first-order valence-electron chi connectivity index (χ1n) is 7.26. The van der Waals surface area contributed by atoms with Crippen LogP contribution >= 0.6 is 0 Å². The van der Waals surface area contributed by atoms with E-state index in [-0.39, 0.29) is 11.5 Å². The molecule has 1 aromatic rings. The number of hydrogen-bond acceptors (Lipinski definition) is 5. The van der Waals surface area contributed by atoms with Gasteiger partial charge in [-0.3, -0.25) is 0 Å². The second-order valence-corrected chi connectivity index (χ2v) is 5.37. The summed E-state index contributed by atoms with van der Waals surface area (Å²) in [5.74, 6) is -1.19.